The molecule has 2 aromatic carbocycles. The number of rotatable bonds is 5. The predicted octanol–water partition coefficient (Wildman–Crippen LogP) is 4.00. The standard InChI is InChI=1S/C20H23N5OS/c1-14-22-23-24-25(14)17-7-5-6-16(12-17)21-19(26)13-27-18-10-8-15(9-11-18)20(2,3)4/h5-12H,13H2,1-4H3,(H,21,26). The minimum Gasteiger partial charge on any atom is -0.325 e. The first kappa shape index (κ1) is 19.1. The topological polar surface area (TPSA) is 72.7 Å². The molecule has 0 unspecified atom stereocenters. The Morgan fingerprint density at radius 2 is 1.89 bits per heavy atom. The van der Waals surface area contributed by atoms with Crippen LogP contribution in [0, 0.1) is 6.92 Å². The Labute approximate surface area is 163 Å². The van der Waals surface area contributed by atoms with E-state index in [2.05, 4.69) is 65.9 Å². The zero-order valence-corrected chi connectivity index (χ0v) is 16.7. The normalized spacial score (nSPS) is 11.4. The fraction of sp³-hybridized carbons (Fsp3) is 0.300. The third-order valence-corrected chi connectivity index (χ3v) is 5.10. The van der Waals surface area contributed by atoms with Crippen LogP contribution in [0.25, 0.3) is 5.69 Å². The predicted molar refractivity (Wildman–Crippen MR) is 108 cm³/mol. The van der Waals surface area contributed by atoms with Crippen molar-refractivity contribution in [3.05, 3.63) is 59.9 Å². The van der Waals surface area contributed by atoms with Crippen molar-refractivity contribution in [2.75, 3.05) is 11.1 Å². The van der Waals surface area contributed by atoms with E-state index in [1.807, 2.05) is 31.2 Å². The Hall–Kier alpha value is -2.67. The molecule has 0 atom stereocenters. The average Bonchev–Trinajstić information content (AvgIpc) is 3.06. The number of nitrogens with one attached hydrogen (secondary N) is 1. The third-order valence-electron chi connectivity index (χ3n) is 4.09. The number of carbonyl (C=O) groups is 1. The number of amides is 1. The quantitative estimate of drug-likeness (QED) is 0.676. The maximum absolute atomic E-state index is 12.3. The minimum atomic E-state index is -0.0505. The monoisotopic (exact) mass is 381 g/mol. The molecule has 3 aromatic rings. The van der Waals surface area contributed by atoms with Gasteiger partial charge >= 0.3 is 0 Å². The number of carbonyl (C=O) groups excluding carboxylic acids is 1. The molecule has 3 rings (SSSR count). The first-order valence-electron chi connectivity index (χ1n) is 8.71. The highest BCUT2D eigenvalue weighted by Crippen LogP contribution is 2.25. The molecule has 0 saturated carbocycles. The van der Waals surface area contributed by atoms with Crippen molar-refractivity contribution in [1.29, 1.82) is 0 Å². The Kier molecular flexibility index (Phi) is 5.60. The molecule has 1 amide bonds. The molecule has 0 saturated heterocycles. The van der Waals surface area contributed by atoms with Crippen molar-refractivity contribution in [2.24, 2.45) is 0 Å². The van der Waals surface area contributed by atoms with E-state index in [0.717, 1.165) is 16.3 Å². The van der Waals surface area contributed by atoms with Gasteiger partial charge in [0.25, 0.3) is 0 Å². The van der Waals surface area contributed by atoms with Crippen molar-refractivity contribution in [1.82, 2.24) is 20.2 Å². The van der Waals surface area contributed by atoms with Crippen LogP contribution in [0.4, 0.5) is 5.69 Å². The van der Waals surface area contributed by atoms with Crippen LogP contribution >= 0.6 is 11.8 Å². The lowest BCUT2D eigenvalue weighted by atomic mass is 9.87. The first-order valence-corrected chi connectivity index (χ1v) is 9.70. The molecule has 6 nitrogen and oxygen atoms in total. The number of thioether (sulfide) groups is 1. The second-order valence-electron chi connectivity index (χ2n) is 7.30. The van der Waals surface area contributed by atoms with Crippen molar-refractivity contribution in [3.63, 3.8) is 0 Å². The van der Waals surface area contributed by atoms with Gasteiger partial charge in [-0.3, -0.25) is 4.79 Å². The van der Waals surface area contributed by atoms with Gasteiger partial charge in [0.2, 0.25) is 5.91 Å². The number of nitrogens with zero attached hydrogens (tertiary/aromatic N) is 4. The smallest absolute Gasteiger partial charge is 0.234 e. The fourth-order valence-corrected chi connectivity index (χ4v) is 3.28. The highest BCUT2D eigenvalue weighted by molar-refractivity contribution is 8.00. The molecule has 1 aromatic heterocycles. The molecule has 0 spiro atoms. The molecule has 1 heterocycles. The lowest BCUT2D eigenvalue weighted by Crippen LogP contribution is -2.14. The van der Waals surface area contributed by atoms with Crippen molar-refractivity contribution in [2.45, 2.75) is 38.0 Å². The van der Waals surface area contributed by atoms with Gasteiger partial charge in [-0.15, -0.1) is 16.9 Å². The van der Waals surface area contributed by atoms with Gasteiger partial charge in [0.15, 0.2) is 5.82 Å². The Balaban J connectivity index is 1.59. The van der Waals surface area contributed by atoms with E-state index in [4.69, 9.17) is 0 Å². The summed E-state index contributed by atoms with van der Waals surface area (Å²) in [4.78, 5) is 13.4. The van der Waals surface area contributed by atoms with E-state index < -0.39 is 0 Å². The molecule has 140 valence electrons. The highest BCUT2D eigenvalue weighted by Gasteiger charge is 2.13. The van der Waals surface area contributed by atoms with E-state index in [1.54, 1.807) is 4.68 Å². The number of anilines is 1. The van der Waals surface area contributed by atoms with Crippen LogP contribution in [-0.4, -0.2) is 31.9 Å². The average molecular weight is 382 g/mol. The maximum atomic E-state index is 12.3. The van der Waals surface area contributed by atoms with E-state index >= 15 is 0 Å². The summed E-state index contributed by atoms with van der Waals surface area (Å²) in [6, 6.07) is 15.8. The van der Waals surface area contributed by atoms with Crippen molar-refractivity contribution in [3.8, 4) is 5.69 Å². The van der Waals surface area contributed by atoms with Crippen LogP contribution in [0.15, 0.2) is 53.4 Å². The molecule has 27 heavy (non-hydrogen) atoms. The van der Waals surface area contributed by atoms with Crippen LogP contribution in [0.1, 0.15) is 32.2 Å². The molecule has 1 N–H and O–H groups in total. The van der Waals surface area contributed by atoms with Crippen LogP contribution in [-0.2, 0) is 10.2 Å². The number of aromatic nitrogens is 4. The summed E-state index contributed by atoms with van der Waals surface area (Å²) in [5, 5.41) is 14.4. The SMILES string of the molecule is Cc1nnnn1-c1cccc(NC(=O)CSc2ccc(C(C)(C)C)cc2)c1. The molecule has 0 radical (unpaired) electrons. The lowest BCUT2D eigenvalue weighted by Gasteiger charge is -2.19. The third kappa shape index (κ3) is 4.95. The van der Waals surface area contributed by atoms with Crippen LogP contribution in [0.5, 0.6) is 0 Å². The second kappa shape index (κ2) is 7.92. The zero-order valence-electron chi connectivity index (χ0n) is 15.9. The first-order chi connectivity index (χ1) is 12.8. The lowest BCUT2D eigenvalue weighted by molar-refractivity contribution is -0.113. The minimum absolute atomic E-state index is 0.0505. The largest absolute Gasteiger partial charge is 0.325 e. The molecule has 0 aliphatic carbocycles. The fourth-order valence-electron chi connectivity index (χ4n) is 2.58. The van der Waals surface area contributed by atoms with E-state index in [1.165, 1.54) is 17.3 Å². The van der Waals surface area contributed by atoms with Gasteiger partial charge in [0.1, 0.15) is 0 Å². The molecule has 0 aliphatic heterocycles. The van der Waals surface area contributed by atoms with Crippen molar-refractivity contribution >= 4 is 23.4 Å². The summed E-state index contributed by atoms with van der Waals surface area (Å²) in [5.41, 5.74) is 2.94. The zero-order chi connectivity index (χ0) is 19.4. The summed E-state index contributed by atoms with van der Waals surface area (Å²) < 4.78 is 1.63. The number of aryl methyl sites for hydroxylation is 1. The summed E-state index contributed by atoms with van der Waals surface area (Å²) >= 11 is 1.52. The number of hydrogen-bond acceptors (Lipinski definition) is 5. The molecule has 0 fully saturated rings. The van der Waals surface area contributed by atoms with E-state index in [9.17, 15) is 4.79 Å². The number of hydrogen-bond donors (Lipinski definition) is 1. The number of benzene rings is 2. The summed E-state index contributed by atoms with van der Waals surface area (Å²) in [7, 11) is 0. The molecule has 0 aliphatic rings. The van der Waals surface area contributed by atoms with Gasteiger partial charge in [-0.2, -0.15) is 4.68 Å². The molecular formula is C20H23N5OS. The van der Waals surface area contributed by atoms with E-state index in [0.29, 0.717) is 11.6 Å². The Morgan fingerprint density at radius 1 is 1.15 bits per heavy atom. The van der Waals surface area contributed by atoms with E-state index in [-0.39, 0.29) is 11.3 Å². The molecule has 0 bridgehead atoms. The van der Waals surface area contributed by atoms with Gasteiger partial charge in [-0.25, -0.2) is 0 Å². The van der Waals surface area contributed by atoms with Crippen LogP contribution in [0.2, 0.25) is 0 Å². The van der Waals surface area contributed by atoms with Crippen molar-refractivity contribution < 1.29 is 4.79 Å². The highest BCUT2D eigenvalue weighted by atomic mass is 32.2. The van der Waals surface area contributed by atoms with Gasteiger partial charge in [0.05, 0.1) is 11.4 Å². The van der Waals surface area contributed by atoms with Crippen LogP contribution in [0.3, 0.4) is 0 Å². The molecule has 7 heteroatoms. The van der Waals surface area contributed by atoms with Gasteiger partial charge in [-0.05, 0) is 58.7 Å². The summed E-state index contributed by atoms with van der Waals surface area (Å²) in [5.74, 6) is 0.987. The van der Waals surface area contributed by atoms with Gasteiger partial charge in [0, 0.05) is 10.6 Å². The summed E-state index contributed by atoms with van der Waals surface area (Å²) in [6.07, 6.45) is 0. The summed E-state index contributed by atoms with van der Waals surface area (Å²) in [6.45, 7) is 8.39. The Morgan fingerprint density at radius 3 is 2.52 bits per heavy atom. The van der Waals surface area contributed by atoms with Gasteiger partial charge in [-0.1, -0.05) is 39.0 Å². The Bertz CT molecular complexity index is 928. The number of tetrazole rings is 1. The van der Waals surface area contributed by atoms with Gasteiger partial charge < -0.3 is 5.32 Å². The maximum Gasteiger partial charge on any atom is 0.234 e. The molecular weight excluding hydrogens is 358 g/mol. The second-order valence-corrected chi connectivity index (χ2v) is 8.35. The van der Waals surface area contributed by atoms with Crippen LogP contribution < -0.4 is 5.32 Å².